The lowest BCUT2D eigenvalue weighted by atomic mass is 9.87. The lowest BCUT2D eigenvalue weighted by Gasteiger charge is -2.19. The predicted octanol–water partition coefficient (Wildman–Crippen LogP) is 3.44. The summed E-state index contributed by atoms with van der Waals surface area (Å²) in [6.45, 7) is 6.47. The minimum absolute atomic E-state index is 0.0486. The molecule has 0 radical (unpaired) electrons. The van der Waals surface area contributed by atoms with Crippen molar-refractivity contribution in [1.29, 1.82) is 0 Å². The molecule has 0 heterocycles. The number of sulfone groups is 1. The Morgan fingerprint density at radius 3 is 2.16 bits per heavy atom. The van der Waals surface area contributed by atoms with E-state index in [1.165, 1.54) is 11.6 Å². The van der Waals surface area contributed by atoms with Crippen molar-refractivity contribution in [2.45, 2.75) is 31.1 Å². The van der Waals surface area contributed by atoms with Gasteiger partial charge in [-0.15, -0.1) is 0 Å². The van der Waals surface area contributed by atoms with Gasteiger partial charge < -0.3 is 10.6 Å². The van der Waals surface area contributed by atoms with Crippen LogP contribution in [0.2, 0.25) is 0 Å². The largest absolute Gasteiger partial charge is 0.376 e. The van der Waals surface area contributed by atoms with Crippen molar-refractivity contribution in [3.8, 4) is 0 Å². The van der Waals surface area contributed by atoms with Crippen molar-refractivity contribution in [3.63, 3.8) is 0 Å². The number of benzene rings is 2. The number of carbonyl (C=O) groups excluding carboxylic acids is 1. The lowest BCUT2D eigenvalue weighted by molar-refractivity contribution is -0.114. The summed E-state index contributed by atoms with van der Waals surface area (Å²) in [6.07, 6.45) is 1.12. The van der Waals surface area contributed by atoms with Gasteiger partial charge in [-0.3, -0.25) is 4.79 Å². The molecule has 1 amide bonds. The molecule has 2 aromatic carbocycles. The van der Waals surface area contributed by atoms with E-state index in [-0.39, 0.29) is 22.8 Å². The van der Waals surface area contributed by atoms with E-state index in [0.717, 1.165) is 11.9 Å². The molecule has 0 aliphatic rings. The fourth-order valence-corrected chi connectivity index (χ4v) is 3.20. The fourth-order valence-electron chi connectivity index (χ4n) is 2.36. The first kappa shape index (κ1) is 19.0. The summed E-state index contributed by atoms with van der Waals surface area (Å²) in [7, 11) is -3.40. The van der Waals surface area contributed by atoms with Crippen molar-refractivity contribution in [3.05, 3.63) is 54.1 Å². The van der Waals surface area contributed by atoms with Crippen LogP contribution >= 0.6 is 0 Å². The zero-order chi connectivity index (χ0) is 18.7. The molecule has 0 saturated heterocycles. The second-order valence-electron chi connectivity index (χ2n) is 7.00. The quantitative estimate of drug-likeness (QED) is 0.856. The zero-order valence-electron chi connectivity index (χ0n) is 15.0. The van der Waals surface area contributed by atoms with Crippen LogP contribution < -0.4 is 10.6 Å². The third-order valence-corrected chi connectivity index (χ3v) is 4.92. The highest BCUT2D eigenvalue weighted by atomic mass is 32.2. The maximum absolute atomic E-state index is 12.1. The Balaban J connectivity index is 2.00. The van der Waals surface area contributed by atoms with Gasteiger partial charge in [-0.1, -0.05) is 45.0 Å². The molecule has 134 valence electrons. The molecule has 0 aliphatic heterocycles. The number of hydrogen-bond acceptors (Lipinski definition) is 4. The molecule has 0 aliphatic carbocycles. The van der Waals surface area contributed by atoms with E-state index in [9.17, 15) is 13.2 Å². The second kappa shape index (κ2) is 7.27. The van der Waals surface area contributed by atoms with Crippen molar-refractivity contribution in [2.75, 3.05) is 23.4 Å². The highest BCUT2D eigenvalue weighted by Gasteiger charge is 2.15. The maximum atomic E-state index is 12.1. The first-order chi connectivity index (χ1) is 11.6. The summed E-state index contributed by atoms with van der Waals surface area (Å²) in [6, 6.07) is 14.3. The molecule has 0 atom stereocenters. The normalized spacial score (nSPS) is 11.8. The van der Waals surface area contributed by atoms with E-state index in [1.807, 2.05) is 24.3 Å². The van der Waals surface area contributed by atoms with Crippen molar-refractivity contribution < 1.29 is 13.2 Å². The Kier molecular flexibility index (Phi) is 5.52. The first-order valence-electron chi connectivity index (χ1n) is 8.01. The van der Waals surface area contributed by atoms with Crippen LogP contribution in [0.5, 0.6) is 0 Å². The number of amides is 1. The summed E-state index contributed by atoms with van der Waals surface area (Å²) in [5, 5.41) is 5.68. The van der Waals surface area contributed by atoms with Gasteiger partial charge in [-0.2, -0.15) is 0 Å². The summed E-state index contributed by atoms with van der Waals surface area (Å²) in [5.41, 5.74) is 2.41. The number of hydrogen-bond donors (Lipinski definition) is 2. The van der Waals surface area contributed by atoms with Crippen molar-refractivity contribution in [2.24, 2.45) is 0 Å². The smallest absolute Gasteiger partial charge is 0.243 e. The van der Waals surface area contributed by atoms with Crippen molar-refractivity contribution >= 4 is 27.1 Å². The number of nitrogens with one attached hydrogen (secondary N) is 2. The number of anilines is 2. The molecular weight excluding hydrogens is 336 g/mol. The van der Waals surface area contributed by atoms with Crippen LogP contribution in [0, 0.1) is 0 Å². The molecule has 25 heavy (non-hydrogen) atoms. The van der Waals surface area contributed by atoms with Crippen LogP contribution in [-0.4, -0.2) is 27.1 Å². The van der Waals surface area contributed by atoms with E-state index in [2.05, 4.69) is 31.4 Å². The minimum atomic E-state index is -3.40. The molecule has 0 bridgehead atoms. The molecule has 0 aromatic heterocycles. The van der Waals surface area contributed by atoms with Gasteiger partial charge in [0.05, 0.1) is 17.1 Å². The summed E-state index contributed by atoms with van der Waals surface area (Å²) in [4.78, 5) is 12.2. The first-order valence-corrected chi connectivity index (χ1v) is 9.90. The molecule has 2 N–H and O–H groups in total. The monoisotopic (exact) mass is 360 g/mol. The summed E-state index contributed by atoms with van der Waals surface area (Å²) < 4.78 is 23.5. The minimum Gasteiger partial charge on any atom is -0.376 e. The van der Waals surface area contributed by atoms with Crippen LogP contribution in [0.1, 0.15) is 26.3 Å². The Labute approximate surface area is 149 Å². The Bertz CT molecular complexity index is 851. The van der Waals surface area contributed by atoms with Gasteiger partial charge >= 0.3 is 0 Å². The Morgan fingerprint density at radius 1 is 1.00 bits per heavy atom. The molecule has 2 aromatic rings. The van der Waals surface area contributed by atoms with Crippen LogP contribution in [0.25, 0.3) is 0 Å². The second-order valence-corrected chi connectivity index (χ2v) is 8.98. The van der Waals surface area contributed by atoms with Gasteiger partial charge in [0.1, 0.15) is 0 Å². The highest BCUT2D eigenvalue weighted by Crippen LogP contribution is 2.23. The Hall–Kier alpha value is -2.34. The molecule has 0 fully saturated rings. The topological polar surface area (TPSA) is 75.3 Å². The van der Waals surface area contributed by atoms with Gasteiger partial charge in [0.2, 0.25) is 5.91 Å². The Morgan fingerprint density at radius 2 is 1.60 bits per heavy atom. The highest BCUT2D eigenvalue weighted by molar-refractivity contribution is 7.90. The predicted molar refractivity (Wildman–Crippen MR) is 102 cm³/mol. The standard InChI is InChI=1S/C19H24N2O3S/c1-19(2,3)14-9-11-15(12-10-14)20-13-18(22)21-16-7-5-6-8-17(16)25(4,23)24/h5-12,20H,13H2,1-4H3,(H,21,22). The average Bonchev–Trinajstić information content (AvgIpc) is 2.52. The molecule has 0 spiro atoms. The molecule has 0 saturated carbocycles. The van der Waals surface area contributed by atoms with Gasteiger partial charge in [0.25, 0.3) is 0 Å². The van der Waals surface area contributed by atoms with Gasteiger partial charge in [-0.25, -0.2) is 8.42 Å². The molecule has 6 heteroatoms. The van der Waals surface area contributed by atoms with Crippen LogP contribution in [0.4, 0.5) is 11.4 Å². The van der Waals surface area contributed by atoms with Gasteiger partial charge in [0, 0.05) is 11.9 Å². The van der Waals surface area contributed by atoms with Crippen LogP contribution in [0.15, 0.2) is 53.4 Å². The summed E-state index contributed by atoms with van der Waals surface area (Å²) in [5.74, 6) is -0.309. The third kappa shape index (κ3) is 5.32. The van der Waals surface area contributed by atoms with E-state index in [1.54, 1.807) is 18.2 Å². The molecule has 5 nitrogen and oxygen atoms in total. The lowest BCUT2D eigenvalue weighted by Crippen LogP contribution is -2.22. The van der Waals surface area contributed by atoms with Gasteiger partial charge in [-0.05, 0) is 35.2 Å². The van der Waals surface area contributed by atoms with E-state index in [4.69, 9.17) is 0 Å². The van der Waals surface area contributed by atoms with Crippen molar-refractivity contribution in [1.82, 2.24) is 0 Å². The van der Waals surface area contributed by atoms with Crippen LogP contribution in [-0.2, 0) is 20.0 Å². The van der Waals surface area contributed by atoms with Gasteiger partial charge in [0.15, 0.2) is 9.84 Å². The molecule has 0 unspecified atom stereocenters. The molecule has 2 rings (SSSR count). The van der Waals surface area contributed by atoms with Crippen LogP contribution in [0.3, 0.4) is 0 Å². The SMILES string of the molecule is CC(C)(C)c1ccc(NCC(=O)Nc2ccccc2S(C)(=O)=O)cc1. The summed E-state index contributed by atoms with van der Waals surface area (Å²) >= 11 is 0. The molecular formula is C19H24N2O3S. The van der Waals surface area contributed by atoms with E-state index in [0.29, 0.717) is 5.69 Å². The number of rotatable bonds is 5. The average molecular weight is 360 g/mol. The van der Waals surface area contributed by atoms with E-state index < -0.39 is 9.84 Å². The zero-order valence-corrected chi connectivity index (χ0v) is 15.8. The third-order valence-electron chi connectivity index (χ3n) is 3.76. The number of carbonyl (C=O) groups is 1. The fraction of sp³-hybridized carbons (Fsp3) is 0.316. The maximum Gasteiger partial charge on any atom is 0.243 e. The number of para-hydroxylation sites is 1. The van der Waals surface area contributed by atoms with E-state index >= 15 is 0 Å².